The van der Waals surface area contributed by atoms with Gasteiger partial charge in [0.2, 0.25) is 0 Å². The molecule has 0 fully saturated rings. The molecular weight excluding hydrogens is 278 g/mol. The van der Waals surface area contributed by atoms with Crippen molar-refractivity contribution in [3.63, 3.8) is 0 Å². The van der Waals surface area contributed by atoms with Crippen molar-refractivity contribution >= 4 is 16.3 Å². The molecule has 3 nitrogen and oxygen atoms in total. The Morgan fingerprint density at radius 1 is 1.24 bits per heavy atom. The number of nitrogens with one attached hydrogen (secondary N) is 1. The molecule has 4 heteroatoms. The van der Waals surface area contributed by atoms with Crippen LogP contribution in [0.15, 0.2) is 36.0 Å². The largest absolute Gasteiger partial charge is 0.316 e. The Hall–Kier alpha value is -1.65. The lowest BCUT2D eigenvalue weighted by Crippen LogP contribution is -2.30. The normalized spacial score (nSPS) is 12.9. The van der Waals surface area contributed by atoms with Crippen molar-refractivity contribution in [2.75, 3.05) is 7.05 Å². The molecule has 0 aliphatic rings. The molecular formula is C17H21N3S. The Labute approximate surface area is 129 Å². The lowest BCUT2D eigenvalue weighted by molar-refractivity contribution is 0.551. The molecule has 0 radical (unpaired) electrons. The smallest absolute Gasteiger partial charge is 0.193 e. The van der Waals surface area contributed by atoms with Crippen molar-refractivity contribution < 1.29 is 0 Å². The molecule has 1 atom stereocenters. The SMILES string of the molecule is CNC(Cc1ccc(C)c(C)c1)Cc1cn2ccsc2n1. The van der Waals surface area contributed by atoms with Gasteiger partial charge in [0, 0.05) is 30.2 Å². The topological polar surface area (TPSA) is 29.3 Å². The molecule has 1 aromatic carbocycles. The zero-order chi connectivity index (χ0) is 14.8. The van der Waals surface area contributed by atoms with E-state index in [1.165, 1.54) is 16.7 Å². The summed E-state index contributed by atoms with van der Waals surface area (Å²) in [6.07, 6.45) is 6.19. The molecule has 3 aromatic rings. The van der Waals surface area contributed by atoms with Crippen molar-refractivity contribution in [2.24, 2.45) is 0 Å². The number of aryl methyl sites for hydroxylation is 2. The molecule has 0 aliphatic carbocycles. The number of hydrogen-bond acceptors (Lipinski definition) is 3. The van der Waals surface area contributed by atoms with Crippen LogP contribution < -0.4 is 5.32 Å². The Bertz CT molecular complexity index is 713. The van der Waals surface area contributed by atoms with Gasteiger partial charge in [-0.2, -0.15) is 0 Å². The van der Waals surface area contributed by atoms with E-state index in [1.807, 2.05) is 7.05 Å². The average Bonchev–Trinajstić information content (AvgIpc) is 3.03. The van der Waals surface area contributed by atoms with Gasteiger partial charge < -0.3 is 5.32 Å². The summed E-state index contributed by atoms with van der Waals surface area (Å²) in [6, 6.07) is 7.16. The van der Waals surface area contributed by atoms with Crippen LogP contribution in [0.1, 0.15) is 22.4 Å². The second kappa shape index (κ2) is 6.00. The fourth-order valence-electron chi connectivity index (χ4n) is 2.62. The number of aromatic nitrogens is 2. The highest BCUT2D eigenvalue weighted by Gasteiger charge is 2.12. The van der Waals surface area contributed by atoms with Crippen LogP contribution in [0, 0.1) is 13.8 Å². The number of hydrogen-bond donors (Lipinski definition) is 1. The van der Waals surface area contributed by atoms with E-state index >= 15 is 0 Å². The molecule has 0 spiro atoms. The van der Waals surface area contributed by atoms with Crippen molar-refractivity contribution in [1.82, 2.24) is 14.7 Å². The maximum Gasteiger partial charge on any atom is 0.193 e. The summed E-state index contributed by atoms with van der Waals surface area (Å²) in [4.78, 5) is 5.75. The Balaban J connectivity index is 1.72. The van der Waals surface area contributed by atoms with Crippen LogP contribution in [0.2, 0.25) is 0 Å². The van der Waals surface area contributed by atoms with E-state index in [0.29, 0.717) is 6.04 Å². The van der Waals surface area contributed by atoms with Gasteiger partial charge in [0.15, 0.2) is 4.96 Å². The van der Waals surface area contributed by atoms with E-state index in [0.717, 1.165) is 23.5 Å². The van der Waals surface area contributed by atoms with E-state index in [4.69, 9.17) is 0 Å². The Morgan fingerprint density at radius 3 is 2.81 bits per heavy atom. The van der Waals surface area contributed by atoms with Crippen LogP contribution in [0.3, 0.4) is 0 Å². The summed E-state index contributed by atoms with van der Waals surface area (Å²) in [6.45, 7) is 4.34. The number of thiazole rings is 1. The molecule has 2 heterocycles. The van der Waals surface area contributed by atoms with E-state index in [-0.39, 0.29) is 0 Å². The highest BCUT2D eigenvalue weighted by molar-refractivity contribution is 7.15. The highest BCUT2D eigenvalue weighted by Crippen LogP contribution is 2.15. The molecule has 1 unspecified atom stereocenters. The third-order valence-electron chi connectivity index (χ3n) is 4.06. The van der Waals surface area contributed by atoms with Crippen LogP contribution in [-0.4, -0.2) is 22.5 Å². The Kier molecular flexibility index (Phi) is 4.08. The summed E-state index contributed by atoms with van der Waals surface area (Å²) in [5, 5.41) is 5.49. The van der Waals surface area contributed by atoms with Gasteiger partial charge in [-0.3, -0.25) is 4.40 Å². The first kappa shape index (κ1) is 14.3. The maximum atomic E-state index is 4.68. The minimum Gasteiger partial charge on any atom is -0.316 e. The third-order valence-corrected chi connectivity index (χ3v) is 4.83. The average molecular weight is 299 g/mol. The second-order valence-corrected chi connectivity index (χ2v) is 6.51. The van der Waals surface area contributed by atoms with Gasteiger partial charge in [-0.1, -0.05) is 18.2 Å². The quantitative estimate of drug-likeness (QED) is 0.782. The summed E-state index contributed by atoms with van der Waals surface area (Å²) in [5.74, 6) is 0. The van der Waals surface area contributed by atoms with Gasteiger partial charge in [0.05, 0.1) is 5.69 Å². The fraction of sp³-hybridized carbons (Fsp3) is 0.353. The van der Waals surface area contributed by atoms with Gasteiger partial charge in [-0.25, -0.2) is 4.98 Å². The molecule has 0 saturated carbocycles. The zero-order valence-electron chi connectivity index (χ0n) is 12.8. The van der Waals surface area contributed by atoms with E-state index in [1.54, 1.807) is 11.3 Å². The number of rotatable bonds is 5. The summed E-state index contributed by atoms with van der Waals surface area (Å²) >= 11 is 1.68. The van der Waals surface area contributed by atoms with Gasteiger partial charge in [-0.05, 0) is 44.0 Å². The van der Waals surface area contributed by atoms with Gasteiger partial charge >= 0.3 is 0 Å². The van der Waals surface area contributed by atoms with Crippen LogP contribution >= 0.6 is 11.3 Å². The molecule has 0 amide bonds. The Morgan fingerprint density at radius 2 is 2.10 bits per heavy atom. The first-order chi connectivity index (χ1) is 10.2. The van der Waals surface area contributed by atoms with Gasteiger partial charge in [0.1, 0.15) is 0 Å². The van der Waals surface area contributed by atoms with Crippen LogP contribution in [-0.2, 0) is 12.8 Å². The lowest BCUT2D eigenvalue weighted by atomic mass is 9.99. The van der Waals surface area contributed by atoms with Crippen molar-refractivity contribution in [2.45, 2.75) is 32.7 Å². The predicted molar refractivity (Wildman–Crippen MR) is 89.2 cm³/mol. The van der Waals surface area contributed by atoms with Gasteiger partial charge in [0.25, 0.3) is 0 Å². The van der Waals surface area contributed by atoms with E-state index in [9.17, 15) is 0 Å². The molecule has 0 saturated heterocycles. The first-order valence-electron chi connectivity index (χ1n) is 7.30. The molecule has 21 heavy (non-hydrogen) atoms. The van der Waals surface area contributed by atoms with Crippen molar-refractivity contribution in [3.8, 4) is 0 Å². The number of nitrogens with zero attached hydrogens (tertiary/aromatic N) is 2. The second-order valence-electron chi connectivity index (χ2n) is 5.64. The van der Waals surface area contributed by atoms with E-state index in [2.05, 4.69) is 64.5 Å². The van der Waals surface area contributed by atoms with Crippen LogP contribution in [0.4, 0.5) is 0 Å². The fourth-order valence-corrected chi connectivity index (χ4v) is 3.34. The van der Waals surface area contributed by atoms with Crippen LogP contribution in [0.5, 0.6) is 0 Å². The monoisotopic (exact) mass is 299 g/mol. The number of imidazole rings is 1. The first-order valence-corrected chi connectivity index (χ1v) is 8.18. The van der Waals surface area contributed by atoms with Crippen LogP contribution in [0.25, 0.3) is 4.96 Å². The molecule has 0 bridgehead atoms. The third kappa shape index (κ3) is 3.17. The number of fused-ring (bicyclic) bond motifs is 1. The van der Waals surface area contributed by atoms with Crippen molar-refractivity contribution in [3.05, 3.63) is 58.4 Å². The zero-order valence-corrected chi connectivity index (χ0v) is 13.6. The standard InChI is InChI=1S/C17H21N3S/c1-12-4-5-14(8-13(12)2)9-15(18-3)10-16-11-20-6-7-21-17(20)19-16/h4-8,11,15,18H,9-10H2,1-3H3. The highest BCUT2D eigenvalue weighted by atomic mass is 32.1. The lowest BCUT2D eigenvalue weighted by Gasteiger charge is -2.15. The molecule has 1 N–H and O–H groups in total. The summed E-state index contributed by atoms with van der Waals surface area (Å²) in [5.41, 5.74) is 5.27. The van der Waals surface area contributed by atoms with E-state index < -0.39 is 0 Å². The predicted octanol–water partition coefficient (Wildman–Crippen LogP) is 3.39. The number of likely N-dealkylation sites (N-methyl/N-ethyl adjacent to an activating group) is 1. The minimum atomic E-state index is 0.414. The molecule has 3 rings (SSSR count). The summed E-state index contributed by atoms with van der Waals surface area (Å²) < 4.78 is 2.10. The molecule has 110 valence electrons. The van der Waals surface area contributed by atoms with Crippen molar-refractivity contribution in [1.29, 1.82) is 0 Å². The summed E-state index contributed by atoms with van der Waals surface area (Å²) in [7, 11) is 2.03. The van der Waals surface area contributed by atoms with Gasteiger partial charge in [-0.15, -0.1) is 11.3 Å². The maximum absolute atomic E-state index is 4.68. The molecule has 0 aliphatic heterocycles. The minimum absolute atomic E-state index is 0.414. The molecule has 2 aromatic heterocycles. The number of benzene rings is 1.